The molecule has 4 nitrogen and oxygen atoms in total. The summed E-state index contributed by atoms with van der Waals surface area (Å²) in [5.41, 5.74) is 9.15. The van der Waals surface area contributed by atoms with Gasteiger partial charge in [0.25, 0.3) is 0 Å². The third-order valence-corrected chi connectivity index (χ3v) is 5.35. The van der Waals surface area contributed by atoms with Gasteiger partial charge in [-0.3, -0.25) is 0 Å². The van der Waals surface area contributed by atoms with E-state index in [1.807, 2.05) is 11.8 Å². The third-order valence-electron chi connectivity index (χ3n) is 4.24. The predicted molar refractivity (Wildman–Crippen MR) is 95.2 cm³/mol. The molecule has 1 saturated heterocycles. The first kappa shape index (κ1) is 15.8. The van der Waals surface area contributed by atoms with E-state index in [9.17, 15) is 0 Å². The molecule has 120 valence electrons. The summed E-state index contributed by atoms with van der Waals surface area (Å²) >= 11 is 1.95. The molecule has 0 aliphatic carbocycles. The molecule has 0 saturated carbocycles. The molecule has 2 aromatic rings. The zero-order chi connectivity index (χ0) is 15.2. The molecule has 1 aromatic carbocycles. The van der Waals surface area contributed by atoms with Crippen molar-refractivity contribution in [2.24, 2.45) is 11.7 Å². The lowest BCUT2D eigenvalue weighted by atomic mass is 9.96. The molecule has 1 aromatic heterocycles. The van der Waals surface area contributed by atoms with Crippen molar-refractivity contribution in [3.8, 4) is 0 Å². The second kappa shape index (κ2) is 7.99. The van der Waals surface area contributed by atoms with Gasteiger partial charge in [0.1, 0.15) is 5.82 Å². The summed E-state index contributed by atoms with van der Waals surface area (Å²) in [5.74, 6) is 4.04. The van der Waals surface area contributed by atoms with Crippen molar-refractivity contribution in [1.82, 2.24) is 15.3 Å². The number of nitrogens with one attached hydrogen (secondary N) is 2. The smallest absolute Gasteiger partial charge is 0.107 e. The Morgan fingerprint density at radius 3 is 3.14 bits per heavy atom. The number of nitrogens with two attached hydrogens (primary N) is 1. The molecule has 1 fully saturated rings. The van der Waals surface area contributed by atoms with Crippen LogP contribution in [0.25, 0.3) is 11.0 Å². The summed E-state index contributed by atoms with van der Waals surface area (Å²) in [4.78, 5) is 8.28. The second-order valence-electron chi connectivity index (χ2n) is 6.15. The molecule has 1 atom stereocenters. The van der Waals surface area contributed by atoms with Gasteiger partial charge in [-0.05, 0) is 68.3 Å². The van der Waals surface area contributed by atoms with E-state index in [1.54, 1.807) is 0 Å². The van der Waals surface area contributed by atoms with Gasteiger partial charge in [0, 0.05) is 12.2 Å². The number of hydrogen-bond donors (Lipinski definition) is 3. The van der Waals surface area contributed by atoms with Crippen molar-refractivity contribution in [1.29, 1.82) is 0 Å². The molecule has 22 heavy (non-hydrogen) atoms. The number of piperidine rings is 1. The van der Waals surface area contributed by atoms with Gasteiger partial charge >= 0.3 is 0 Å². The number of benzene rings is 1. The fraction of sp³-hybridized carbons (Fsp3) is 0.588. The highest BCUT2D eigenvalue weighted by Gasteiger charge is 2.15. The molecular formula is C17H26N4S. The first-order valence-electron chi connectivity index (χ1n) is 8.31. The maximum Gasteiger partial charge on any atom is 0.107 e. The summed E-state index contributed by atoms with van der Waals surface area (Å²) in [5, 5.41) is 3.48. The number of rotatable bonds is 7. The normalized spacial score (nSPS) is 18.9. The number of aromatic amines is 1. The van der Waals surface area contributed by atoms with Gasteiger partial charge in [0.15, 0.2) is 0 Å². The molecule has 0 spiro atoms. The summed E-state index contributed by atoms with van der Waals surface area (Å²) < 4.78 is 0. The molecular weight excluding hydrogens is 292 g/mol. The number of fused-ring (bicyclic) bond motifs is 1. The fourth-order valence-electron chi connectivity index (χ4n) is 3.04. The molecule has 5 heteroatoms. The van der Waals surface area contributed by atoms with Crippen molar-refractivity contribution in [3.05, 3.63) is 29.6 Å². The molecule has 0 radical (unpaired) electrons. The quantitative estimate of drug-likeness (QED) is 0.687. The van der Waals surface area contributed by atoms with Crippen molar-refractivity contribution in [3.63, 3.8) is 0 Å². The Morgan fingerprint density at radius 1 is 1.36 bits per heavy atom. The van der Waals surface area contributed by atoms with Crippen LogP contribution < -0.4 is 11.1 Å². The number of thioether (sulfide) groups is 1. The van der Waals surface area contributed by atoms with Crippen LogP contribution in [0.4, 0.5) is 0 Å². The van der Waals surface area contributed by atoms with Crippen molar-refractivity contribution < 1.29 is 0 Å². The average Bonchev–Trinajstić information content (AvgIpc) is 2.94. The summed E-state index contributed by atoms with van der Waals surface area (Å²) in [6.45, 7) is 3.08. The molecule has 4 N–H and O–H groups in total. The predicted octanol–water partition coefficient (Wildman–Crippen LogP) is 2.69. The Labute approximate surface area is 136 Å². The number of nitrogens with zero attached hydrogens (tertiary/aromatic N) is 1. The fourth-order valence-corrected chi connectivity index (χ4v) is 3.97. The molecule has 1 aliphatic heterocycles. The van der Waals surface area contributed by atoms with Crippen LogP contribution in [0.5, 0.6) is 0 Å². The zero-order valence-electron chi connectivity index (χ0n) is 13.1. The molecule has 1 aliphatic rings. The van der Waals surface area contributed by atoms with Gasteiger partial charge in [0.05, 0.1) is 11.0 Å². The lowest BCUT2D eigenvalue weighted by Gasteiger charge is -2.21. The van der Waals surface area contributed by atoms with Crippen LogP contribution in [-0.4, -0.2) is 35.4 Å². The minimum atomic E-state index is 0.723. The van der Waals surface area contributed by atoms with Crippen molar-refractivity contribution in [2.45, 2.75) is 31.4 Å². The lowest BCUT2D eigenvalue weighted by molar-refractivity contribution is 0.371. The van der Waals surface area contributed by atoms with E-state index < -0.39 is 0 Å². The lowest BCUT2D eigenvalue weighted by Crippen LogP contribution is -2.31. The Balaban J connectivity index is 1.62. The van der Waals surface area contributed by atoms with Crippen LogP contribution in [0.2, 0.25) is 0 Å². The maximum absolute atomic E-state index is 5.53. The van der Waals surface area contributed by atoms with Crippen LogP contribution in [0.15, 0.2) is 18.2 Å². The van der Waals surface area contributed by atoms with Gasteiger partial charge in [-0.1, -0.05) is 6.07 Å². The largest absolute Gasteiger partial charge is 0.342 e. The zero-order valence-corrected chi connectivity index (χ0v) is 13.9. The highest BCUT2D eigenvalue weighted by molar-refractivity contribution is 7.98. The van der Waals surface area contributed by atoms with E-state index >= 15 is 0 Å². The van der Waals surface area contributed by atoms with E-state index in [-0.39, 0.29) is 0 Å². The van der Waals surface area contributed by atoms with Gasteiger partial charge < -0.3 is 16.0 Å². The molecule has 3 rings (SSSR count). The summed E-state index contributed by atoms with van der Waals surface area (Å²) in [7, 11) is 0. The summed E-state index contributed by atoms with van der Waals surface area (Å²) in [6, 6.07) is 6.61. The number of imidazole rings is 1. The topological polar surface area (TPSA) is 66.7 Å². The van der Waals surface area contributed by atoms with Crippen LogP contribution in [0.1, 0.15) is 30.7 Å². The van der Waals surface area contributed by atoms with E-state index in [0.717, 1.165) is 60.2 Å². The minimum Gasteiger partial charge on any atom is -0.342 e. The maximum atomic E-state index is 5.53. The van der Waals surface area contributed by atoms with E-state index in [1.165, 1.54) is 24.9 Å². The first-order valence-corrected chi connectivity index (χ1v) is 9.46. The average molecular weight is 318 g/mol. The van der Waals surface area contributed by atoms with Gasteiger partial charge in [0.2, 0.25) is 0 Å². The molecule has 0 amide bonds. The second-order valence-corrected chi connectivity index (χ2v) is 7.25. The number of aromatic nitrogens is 2. The molecule has 2 heterocycles. The Bertz CT molecular complexity index is 589. The SMILES string of the molecule is NCCCSCc1ccc2[nH]c(CC3CCCNC3)nc2c1. The van der Waals surface area contributed by atoms with Crippen molar-refractivity contribution in [2.75, 3.05) is 25.4 Å². The highest BCUT2D eigenvalue weighted by Crippen LogP contribution is 2.21. The van der Waals surface area contributed by atoms with Crippen LogP contribution in [0.3, 0.4) is 0 Å². The minimum absolute atomic E-state index is 0.723. The van der Waals surface area contributed by atoms with Crippen LogP contribution in [0, 0.1) is 5.92 Å². The number of H-pyrrole nitrogens is 1. The highest BCUT2D eigenvalue weighted by atomic mass is 32.2. The Hall–Kier alpha value is -1.04. The van der Waals surface area contributed by atoms with Gasteiger partial charge in [-0.15, -0.1) is 0 Å². The van der Waals surface area contributed by atoms with E-state index in [2.05, 4.69) is 28.5 Å². The Kier molecular flexibility index (Phi) is 5.76. The van der Waals surface area contributed by atoms with Crippen LogP contribution in [-0.2, 0) is 12.2 Å². The standard InChI is InChI=1S/C17H26N4S/c18-6-2-8-22-12-14-4-5-15-16(9-14)21-17(20-15)10-13-3-1-7-19-11-13/h4-5,9,13,19H,1-3,6-8,10-12,18H2,(H,20,21). The van der Waals surface area contributed by atoms with Gasteiger partial charge in [-0.2, -0.15) is 11.8 Å². The first-order chi connectivity index (χ1) is 10.8. The van der Waals surface area contributed by atoms with E-state index in [4.69, 9.17) is 10.7 Å². The van der Waals surface area contributed by atoms with Crippen molar-refractivity contribution >= 4 is 22.8 Å². The number of hydrogen-bond acceptors (Lipinski definition) is 4. The molecule has 1 unspecified atom stereocenters. The molecule has 0 bridgehead atoms. The van der Waals surface area contributed by atoms with Gasteiger partial charge in [-0.25, -0.2) is 4.98 Å². The summed E-state index contributed by atoms with van der Waals surface area (Å²) in [6.07, 6.45) is 4.75. The Morgan fingerprint density at radius 2 is 2.32 bits per heavy atom. The van der Waals surface area contributed by atoms with Crippen LogP contribution >= 0.6 is 11.8 Å². The third kappa shape index (κ3) is 4.24. The van der Waals surface area contributed by atoms with E-state index in [0.29, 0.717) is 0 Å². The monoisotopic (exact) mass is 318 g/mol.